The molecule has 210 valence electrons. The first kappa shape index (κ1) is 26.6. The fourth-order valence-electron chi connectivity index (χ4n) is 6.05. The van der Waals surface area contributed by atoms with Crippen LogP contribution in [-0.4, -0.2) is 54.1 Å². The SMILES string of the molecule is CN1CCC(c2ccc(Nc3ncc(F)c(-c4cc(F)c5c(c4)N(C(=O)C4CCCC4)CCO5)n3)cc2F)CC1. The van der Waals surface area contributed by atoms with Crippen LogP contribution in [0.1, 0.15) is 50.0 Å². The smallest absolute Gasteiger partial charge is 0.230 e. The number of nitrogens with one attached hydrogen (secondary N) is 1. The average Bonchev–Trinajstić information content (AvgIpc) is 3.49. The molecule has 3 heterocycles. The molecule has 0 atom stereocenters. The first-order valence-electron chi connectivity index (χ1n) is 13.9. The van der Waals surface area contributed by atoms with Gasteiger partial charge in [0.15, 0.2) is 17.4 Å². The number of carbonyl (C=O) groups excluding carboxylic acids is 1. The van der Waals surface area contributed by atoms with Crippen molar-refractivity contribution in [3.63, 3.8) is 0 Å². The maximum Gasteiger partial charge on any atom is 0.230 e. The Morgan fingerprint density at radius 3 is 2.50 bits per heavy atom. The number of benzene rings is 2. The predicted molar refractivity (Wildman–Crippen MR) is 146 cm³/mol. The molecule has 7 nitrogen and oxygen atoms in total. The lowest BCUT2D eigenvalue weighted by Crippen LogP contribution is -2.41. The number of nitrogens with zero attached hydrogens (tertiary/aromatic N) is 4. The Balaban J connectivity index is 1.27. The molecule has 3 aliphatic rings. The lowest BCUT2D eigenvalue weighted by Gasteiger charge is -2.32. The number of halogens is 3. The molecule has 6 rings (SSSR count). The van der Waals surface area contributed by atoms with Crippen LogP contribution in [0, 0.1) is 23.4 Å². The minimum absolute atomic E-state index is 0.0191. The Morgan fingerprint density at radius 1 is 0.975 bits per heavy atom. The standard InChI is InChI=1S/C30H32F3N5O2/c1-37-10-8-18(9-11-37)22-7-6-21(16-23(22)31)35-30-34-17-25(33)27(36-30)20-14-24(32)28-26(15-20)38(12-13-40-28)29(39)19-4-2-3-5-19/h6-7,14-19H,2-5,8-13H2,1H3,(H,34,35,36). The Labute approximate surface area is 231 Å². The maximum absolute atomic E-state index is 15.2. The summed E-state index contributed by atoms with van der Waals surface area (Å²) in [5.41, 5.74) is 1.39. The summed E-state index contributed by atoms with van der Waals surface area (Å²) in [6.45, 7) is 2.34. The molecular weight excluding hydrogens is 519 g/mol. The van der Waals surface area contributed by atoms with Gasteiger partial charge in [-0.15, -0.1) is 0 Å². The second-order valence-corrected chi connectivity index (χ2v) is 11.0. The van der Waals surface area contributed by atoms with E-state index in [1.807, 2.05) is 0 Å². The van der Waals surface area contributed by atoms with Gasteiger partial charge in [0.1, 0.15) is 18.1 Å². The number of aromatic nitrogens is 2. The largest absolute Gasteiger partial charge is 0.486 e. The van der Waals surface area contributed by atoms with Crippen molar-refractivity contribution in [1.29, 1.82) is 0 Å². The Bertz CT molecular complexity index is 1420. The van der Waals surface area contributed by atoms with E-state index in [1.54, 1.807) is 17.0 Å². The van der Waals surface area contributed by atoms with E-state index >= 15 is 8.78 Å². The normalized spacial score (nSPS) is 18.4. The molecule has 0 bridgehead atoms. The minimum atomic E-state index is -0.751. The van der Waals surface area contributed by atoms with Gasteiger partial charge in [-0.3, -0.25) is 4.79 Å². The van der Waals surface area contributed by atoms with Crippen LogP contribution < -0.4 is 15.0 Å². The number of hydrogen-bond acceptors (Lipinski definition) is 6. The number of anilines is 3. The van der Waals surface area contributed by atoms with Gasteiger partial charge in [-0.1, -0.05) is 18.9 Å². The van der Waals surface area contributed by atoms with Crippen LogP contribution in [0.25, 0.3) is 11.3 Å². The van der Waals surface area contributed by atoms with Gasteiger partial charge in [0, 0.05) is 17.2 Å². The van der Waals surface area contributed by atoms with Gasteiger partial charge in [-0.2, -0.15) is 0 Å². The number of rotatable bonds is 5. The zero-order valence-corrected chi connectivity index (χ0v) is 22.4. The van der Waals surface area contributed by atoms with Crippen molar-refractivity contribution in [2.24, 2.45) is 5.92 Å². The molecule has 3 aromatic rings. The zero-order chi connectivity index (χ0) is 27.8. The van der Waals surface area contributed by atoms with Crippen molar-refractivity contribution in [1.82, 2.24) is 14.9 Å². The van der Waals surface area contributed by atoms with Crippen molar-refractivity contribution >= 4 is 23.2 Å². The molecule has 1 aliphatic carbocycles. The second kappa shape index (κ2) is 11.1. The number of ether oxygens (including phenoxy) is 1. The number of piperidine rings is 1. The summed E-state index contributed by atoms with van der Waals surface area (Å²) in [7, 11) is 2.06. The van der Waals surface area contributed by atoms with E-state index < -0.39 is 11.6 Å². The van der Waals surface area contributed by atoms with Gasteiger partial charge in [-0.25, -0.2) is 23.1 Å². The number of likely N-dealkylation sites (tertiary alicyclic amines) is 1. The summed E-state index contributed by atoms with van der Waals surface area (Å²) < 4.78 is 50.7. The third kappa shape index (κ3) is 5.24. The minimum Gasteiger partial charge on any atom is -0.486 e. The number of hydrogen-bond donors (Lipinski definition) is 1. The van der Waals surface area contributed by atoms with Gasteiger partial charge >= 0.3 is 0 Å². The molecule has 10 heteroatoms. The predicted octanol–water partition coefficient (Wildman–Crippen LogP) is 6.03. The van der Waals surface area contributed by atoms with E-state index in [0.717, 1.165) is 63.9 Å². The van der Waals surface area contributed by atoms with E-state index in [1.165, 1.54) is 12.1 Å². The van der Waals surface area contributed by atoms with Crippen molar-refractivity contribution in [3.8, 4) is 17.0 Å². The molecule has 2 aliphatic heterocycles. The van der Waals surface area contributed by atoms with Gasteiger partial charge in [-0.05, 0) is 81.6 Å². The van der Waals surface area contributed by atoms with Gasteiger partial charge in [0.05, 0.1) is 18.4 Å². The maximum atomic E-state index is 15.2. The van der Waals surface area contributed by atoms with E-state index in [4.69, 9.17) is 4.74 Å². The van der Waals surface area contributed by atoms with Gasteiger partial charge in [0.2, 0.25) is 11.9 Å². The Hall–Kier alpha value is -3.66. The molecule has 1 amide bonds. The van der Waals surface area contributed by atoms with E-state index in [-0.39, 0.29) is 58.8 Å². The van der Waals surface area contributed by atoms with Gasteiger partial charge in [0.25, 0.3) is 0 Å². The molecular formula is C30H32F3N5O2. The quantitative estimate of drug-likeness (QED) is 0.418. The molecule has 1 saturated carbocycles. The molecule has 2 fully saturated rings. The number of fused-ring (bicyclic) bond motifs is 1. The molecule has 1 saturated heterocycles. The molecule has 40 heavy (non-hydrogen) atoms. The molecule has 0 radical (unpaired) electrons. The van der Waals surface area contributed by atoms with Crippen molar-refractivity contribution in [2.75, 3.05) is 43.5 Å². The van der Waals surface area contributed by atoms with Crippen molar-refractivity contribution < 1.29 is 22.7 Å². The van der Waals surface area contributed by atoms with Crippen LogP contribution in [0.2, 0.25) is 0 Å². The highest BCUT2D eigenvalue weighted by Crippen LogP contribution is 2.40. The monoisotopic (exact) mass is 551 g/mol. The van der Waals surface area contributed by atoms with Crippen LogP contribution in [0.4, 0.5) is 30.5 Å². The van der Waals surface area contributed by atoms with Gasteiger partial charge < -0.3 is 19.9 Å². The van der Waals surface area contributed by atoms with Crippen LogP contribution in [0.15, 0.2) is 36.5 Å². The first-order chi connectivity index (χ1) is 19.4. The molecule has 1 N–H and O–H groups in total. The van der Waals surface area contributed by atoms with Crippen LogP contribution in [0.5, 0.6) is 5.75 Å². The summed E-state index contributed by atoms with van der Waals surface area (Å²) in [6.07, 6.45) is 6.39. The highest BCUT2D eigenvalue weighted by Gasteiger charge is 2.33. The van der Waals surface area contributed by atoms with Crippen molar-refractivity contribution in [2.45, 2.75) is 44.4 Å². The third-order valence-electron chi connectivity index (χ3n) is 8.28. The summed E-state index contributed by atoms with van der Waals surface area (Å²) in [4.78, 5) is 25.3. The van der Waals surface area contributed by atoms with E-state index in [0.29, 0.717) is 17.8 Å². The van der Waals surface area contributed by atoms with Crippen LogP contribution in [0.3, 0.4) is 0 Å². The zero-order valence-electron chi connectivity index (χ0n) is 22.4. The highest BCUT2D eigenvalue weighted by atomic mass is 19.1. The summed E-state index contributed by atoms with van der Waals surface area (Å²) in [5.74, 6) is -1.74. The third-order valence-corrected chi connectivity index (χ3v) is 8.28. The highest BCUT2D eigenvalue weighted by molar-refractivity contribution is 5.97. The average molecular weight is 552 g/mol. The lowest BCUT2D eigenvalue weighted by atomic mass is 9.89. The van der Waals surface area contributed by atoms with Crippen molar-refractivity contribution in [3.05, 3.63) is 59.5 Å². The number of carbonyl (C=O) groups is 1. The molecule has 1 aromatic heterocycles. The summed E-state index contributed by atoms with van der Waals surface area (Å²) >= 11 is 0. The van der Waals surface area contributed by atoms with E-state index in [9.17, 15) is 9.18 Å². The summed E-state index contributed by atoms with van der Waals surface area (Å²) in [5, 5.41) is 2.94. The summed E-state index contributed by atoms with van der Waals surface area (Å²) in [6, 6.07) is 7.60. The second-order valence-electron chi connectivity index (χ2n) is 11.0. The fraction of sp³-hybridized carbons (Fsp3) is 0.433. The van der Waals surface area contributed by atoms with Crippen LogP contribution >= 0.6 is 0 Å². The molecule has 0 unspecified atom stereocenters. The van der Waals surface area contributed by atoms with Crippen LogP contribution in [-0.2, 0) is 4.79 Å². The Kier molecular flexibility index (Phi) is 7.35. The number of amides is 1. The Morgan fingerprint density at radius 2 is 1.75 bits per heavy atom. The first-order valence-corrected chi connectivity index (χ1v) is 13.9. The lowest BCUT2D eigenvalue weighted by molar-refractivity contribution is -0.122. The molecule has 0 spiro atoms. The van der Waals surface area contributed by atoms with E-state index in [2.05, 4.69) is 27.2 Å². The fourth-order valence-corrected chi connectivity index (χ4v) is 6.05. The topological polar surface area (TPSA) is 70.6 Å². The molecule has 2 aromatic carbocycles.